The SMILES string of the molecule is CCCCCCCCCCCCCCCC(=O)O[C@H](COC(=O)CCCCCCCCC(C)CC)COP(=O)(O)OC[C@H](O)COP(=O)(O)OC[C@@H](COC(=O)CCCCCCCCCCCCCCCC(C)C)OC(=O)CCCCCCCCCCCCCCCC(C)C. The fourth-order valence-electron chi connectivity index (χ4n) is 11.6. The second kappa shape index (κ2) is 66.6. The zero-order valence-electron chi connectivity index (χ0n) is 62.1. The number of phosphoric acid groups is 2. The van der Waals surface area contributed by atoms with Crippen molar-refractivity contribution in [1.82, 2.24) is 0 Å². The molecule has 0 fully saturated rings. The van der Waals surface area contributed by atoms with E-state index in [-0.39, 0.29) is 25.7 Å². The third kappa shape index (κ3) is 69.0. The zero-order valence-corrected chi connectivity index (χ0v) is 63.9. The average molecular weight is 1400 g/mol. The number of unbranched alkanes of at least 4 members (excludes halogenated alkanes) is 41. The maximum absolute atomic E-state index is 13.1. The summed E-state index contributed by atoms with van der Waals surface area (Å²) < 4.78 is 68.5. The molecule has 0 rings (SSSR count). The number of rotatable bonds is 74. The Hall–Kier alpha value is -1.94. The van der Waals surface area contributed by atoms with Crippen molar-refractivity contribution in [3.63, 3.8) is 0 Å². The van der Waals surface area contributed by atoms with Crippen molar-refractivity contribution in [2.45, 2.75) is 407 Å². The number of carbonyl (C=O) groups is 4. The summed E-state index contributed by atoms with van der Waals surface area (Å²) in [6.07, 6.45) is 52.6. The summed E-state index contributed by atoms with van der Waals surface area (Å²) in [7, 11) is -9.91. The Kier molecular flexibility index (Phi) is 65.2. The number of hydrogen-bond acceptors (Lipinski definition) is 15. The number of hydrogen-bond donors (Lipinski definition) is 3. The van der Waals surface area contributed by atoms with Crippen LogP contribution in [0.1, 0.15) is 389 Å². The van der Waals surface area contributed by atoms with Gasteiger partial charge in [0.25, 0.3) is 0 Å². The van der Waals surface area contributed by atoms with E-state index < -0.39 is 97.5 Å². The molecule has 3 unspecified atom stereocenters. The standard InChI is InChI=1S/C76H148O17P2/c1-8-10-11-12-13-14-15-18-26-31-36-45-52-59-76(81)93-72(64-87-74(79)58-51-44-39-38-42-49-56-69(7)9-2)66-91-95(84,85)89-62-70(77)61-88-94(82,83)90-65-71(92-75(80)60-53-46-37-32-27-22-17-20-24-29-34-41-48-55-68(5)6)63-86-73(78)57-50-43-35-30-25-21-16-19-23-28-33-40-47-54-67(3)4/h67-72,77H,8-66H2,1-7H3,(H,82,83)(H,84,85)/t69?,70-,71-,72-/m1/s1. The lowest BCUT2D eigenvalue weighted by atomic mass is 10.00. The van der Waals surface area contributed by atoms with Gasteiger partial charge in [-0.05, 0) is 43.4 Å². The lowest BCUT2D eigenvalue weighted by Crippen LogP contribution is -2.30. The van der Waals surface area contributed by atoms with Crippen molar-refractivity contribution in [2.24, 2.45) is 17.8 Å². The molecule has 0 radical (unpaired) electrons. The summed E-state index contributed by atoms with van der Waals surface area (Å²) in [4.78, 5) is 72.8. The molecular formula is C76H148O17P2. The van der Waals surface area contributed by atoms with Gasteiger partial charge in [0.2, 0.25) is 0 Å². The van der Waals surface area contributed by atoms with Gasteiger partial charge in [-0.2, -0.15) is 0 Å². The number of aliphatic hydroxyl groups excluding tert-OH is 1. The second-order valence-corrected chi connectivity index (χ2v) is 31.5. The van der Waals surface area contributed by atoms with E-state index in [0.29, 0.717) is 25.7 Å². The van der Waals surface area contributed by atoms with Crippen molar-refractivity contribution in [1.29, 1.82) is 0 Å². The van der Waals surface area contributed by atoms with Crippen LogP contribution in [0.4, 0.5) is 0 Å². The first-order chi connectivity index (χ1) is 45.8. The van der Waals surface area contributed by atoms with Crippen LogP contribution in [0.2, 0.25) is 0 Å². The highest BCUT2D eigenvalue weighted by atomic mass is 31.2. The molecular weight excluding hydrogens is 1250 g/mol. The fraction of sp³-hybridized carbons (Fsp3) is 0.947. The van der Waals surface area contributed by atoms with Crippen LogP contribution in [-0.4, -0.2) is 96.7 Å². The number of carbonyl (C=O) groups excluding carboxylic acids is 4. The van der Waals surface area contributed by atoms with Gasteiger partial charge in [-0.15, -0.1) is 0 Å². The van der Waals surface area contributed by atoms with Gasteiger partial charge in [0, 0.05) is 25.7 Å². The summed E-state index contributed by atoms with van der Waals surface area (Å²) in [6.45, 7) is 11.9. The number of aliphatic hydroxyl groups is 1. The molecule has 564 valence electrons. The minimum absolute atomic E-state index is 0.107. The van der Waals surface area contributed by atoms with Crippen molar-refractivity contribution >= 4 is 39.5 Å². The normalized spacial score (nSPS) is 14.4. The molecule has 17 nitrogen and oxygen atoms in total. The Labute approximate surface area is 581 Å². The predicted octanol–water partition coefficient (Wildman–Crippen LogP) is 22.2. The third-order valence-electron chi connectivity index (χ3n) is 18.0. The first kappa shape index (κ1) is 93.1. The first-order valence-electron chi connectivity index (χ1n) is 39.4. The molecule has 0 heterocycles. The van der Waals surface area contributed by atoms with Crippen LogP contribution in [0.15, 0.2) is 0 Å². The smallest absolute Gasteiger partial charge is 0.462 e. The lowest BCUT2D eigenvalue weighted by molar-refractivity contribution is -0.161. The van der Waals surface area contributed by atoms with E-state index in [1.54, 1.807) is 0 Å². The second-order valence-electron chi connectivity index (χ2n) is 28.6. The molecule has 0 aromatic carbocycles. The van der Waals surface area contributed by atoms with Crippen molar-refractivity contribution in [3.05, 3.63) is 0 Å². The first-order valence-corrected chi connectivity index (χ1v) is 42.4. The fourth-order valence-corrected chi connectivity index (χ4v) is 13.1. The minimum Gasteiger partial charge on any atom is -0.462 e. The van der Waals surface area contributed by atoms with Crippen LogP contribution in [0, 0.1) is 17.8 Å². The summed E-state index contributed by atoms with van der Waals surface area (Å²) >= 11 is 0. The molecule has 0 saturated heterocycles. The molecule has 0 bridgehead atoms. The van der Waals surface area contributed by atoms with Crippen LogP contribution >= 0.6 is 15.6 Å². The number of ether oxygens (including phenoxy) is 4. The topological polar surface area (TPSA) is 237 Å². The van der Waals surface area contributed by atoms with Crippen LogP contribution in [-0.2, 0) is 65.4 Å². The molecule has 19 heteroatoms. The molecule has 0 saturated carbocycles. The van der Waals surface area contributed by atoms with Gasteiger partial charge in [-0.1, -0.05) is 337 Å². The molecule has 6 atom stereocenters. The van der Waals surface area contributed by atoms with Gasteiger partial charge in [0.05, 0.1) is 26.4 Å². The van der Waals surface area contributed by atoms with E-state index in [9.17, 15) is 43.2 Å². The quantitative estimate of drug-likeness (QED) is 0.0222. The minimum atomic E-state index is -4.96. The van der Waals surface area contributed by atoms with Gasteiger partial charge >= 0.3 is 39.5 Å². The molecule has 0 amide bonds. The summed E-state index contributed by atoms with van der Waals surface area (Å²) in [5.41, 5.74) is 0. The van der Waals surface area contributed by atoms with Crippen LogP contribution in [0.5, 0.6) is 0 Å². The van der Waals surface area contributed by atoms with E-state index in [0.717, 1.165) is 114 Å². The molecule has 0 spiro atoms. The van der Waals surface area contributed by atoms with E-state index in [4.69, 9.17) is 37.0 Å². The van der Waals surface area contributed by atoms with E-state index in [2.05, 4.69) is 48.5 Å². The Balaban J connectivity index is 5.26. The molecule has 95 heavy (non-hydrogen) atoms. The summed E-state index contributed by atoms with van der Waals surface area (Å²) in [5.74, 6) is 0.192. The zero-order chi connectivity index (χ0) is 70.1. The van der Waals surface area contributed by atoms with Crippen molar-refractivity contribution < 1.29 is 80.2 Å². The van der Waals surface area contributed by atoms with Crippen LogP contribution in [0.3, 0.4) is 0 Å². The Morgan fingerprint density at radius 2 is 0.537 bits per heavy atom. The molecule has 3 N–H and O–H groups in total. The Morgan fingerprint density at radius 1 is 0.305 bits per heavy atom. The Bertz CT molecular complexity index is 1850. The van der Waals surface area contributed by atoms with E-state index in [1.165, 1.54) is 193 Å². The maximum atomic E-state index is 13.1. The van der Waals surface area contributed by atoms with Gasteiger partial charge < -0.3 is 33.8 Å². The monoisotopic (exact) mass is 1400 g/mol. The Morgan fingerprint density at radius 3 is 0.800 bits per heavy atom. The molecule has 0 aromatic rings. The van der Waals surface area contributed by atoms with Crippen LogP contribution < -0.4 is 0 Å². The summed E-state index contributed by atoms with van der Waals surface area (Å²) in [6, 6.07) is 0. The van der Waals surface area contributed by atoms with E-state index >= 15 is 0 Å². The summed E-state index contributed by atoms with van der Waals surface area (Å²) in [5, 5.41) is 10.6. The maximum Gasteiger partial charge on any atom is 0.472 e. The predicted molar refractivity (Wildman–Crippen MR) is 386 cm³/mol. The van der Waals surface area contributed by atoms with Crippen molar-refractivity contribution in [3.8, 4) is 0 Å². The van der Waals surface area contributed by atoms with Crippen molar-refractivity contribution in [2.75, 3.05) is 39.6 Å². The molecule has 0 aliphatic carbocycles. The highest BCUT2D eigenvalue weighted by Gasteiger charge is 2.30. The number of esters is 4. The lowest BCUT2D eigenvalue weighted by Gasteiger charge is -2.21. The third-order valence-corrected chi connectivity index (χ3v) is 19.9. The molecule has 0 aliphatic rings. The van der Waals surface area contributed by atoms with Gasteiger partial charge in [-0.25, -0.2) is 9.13 Å². The van der Waals surface area contributed by atoms with E-state index in [1.807, 2.05) is 0 Å². The molecule has 0 aromatic heterocycles. The molecule has 0 aliphatic heterocycles. The largest absolute Gasteiger partial charge is 0.472 e. The number of phosphoric ester groups is 2. The van der Waals surface area contributed by atoms with Gasteiger partial charge in [0.15, 0.2) is 12.2 Å². The van der Waals surface area contributed by atoms with Gasteiger partial charge in [0.1, 0.15) is 19.3 Å². The van der Waals surface area contributed by atoms with Crippen LogP contribution in [0.25, 0.3) is 0 Å². The highest BCUT2D eigenvalue weighted by molar-refractivity contribution is 7.47. The van der Waals surface area contributed by atoms with Gasteiger partial charge in [-0.3, -0.25) is 37.3 Å². The average Bonchev–Trinajstić information content (AvgIpc) is 2.23. The highest BCUT2D eigenvalue weighted by Crippen LogP contribution is 2.45.